The molecule has 0 radical (unpaired) electrons. The summed E-state index contributed by atoms with van der Waals surface area (Å²) >= 11 is 0. The molecule has 2 aromatic carbocycles. The first-order valence-electron chi connectivity index (χ1n) is 10.6. The van der Waals surface area contributed by atoms with Crippen LogP contribution in [0.1, 0.15) is 28.3 Å². The van der Waals surface area contributed by atoms with E-state index in [9.17, 15) is 22.4 Å². The molecule has 10 heteroatoms. The number of amides is 1. The number of nitrogens with zero attached hydrogens (tertiary/aromatic N) is 4. The average Bonchev–Trinajstić information content (AvgIpc) is 3.04. The van der Waals surface area contributed by atoms with Crippen molar-refractivity contribution in [2.24, 2.45) is 0 Å². The van der Waals surface area contributed by atoms with Crippen molar-refractivity contribution in [3.8, 4) is 0 Å². The van der Waals surface area contributed by atoms with Crippen LogP contribution in [0.2, 0.25) is 0 Å². The van der Waals surface area contributed by atoms with Crippen LogP contribution in [0.15, 0.2) is 48.5 Å². The normalized spacial score (nSPS) is 14.5. The minimum Gasteiger partial charge on any atom is -0.349 e. The highest BCUT2D eigenvalue weighted by Gasteiger charge is 2.30. The maximum Gasteiger partial charge on any atom is 0.416 e. The third-order valence-electron chi connectivity index (χ3n) is 5.55. The molecule has 1 aliphatic rings. The molecule has 174 valence electrons. The Labute approximate surface area is 188 Å². The molecule has 3 aromatic rings. The Balaban J connectivity index is 1.33. The minimum atomic E-state index is -4.36. The van der Waals surface area contributed by atoms with Gasteiger partial charge in [-0.25, -0.2) is 4.39 Å². The molecule has 0 atom stereocenters. The number of nitrogens with one attached hydrogen (secondary N) is 1. The molecule has 0 aliphatic carbocycles. The number of hydrogen-bond acceptors (Lipinski definition) is 4. The molecule has 0 unspecified atom stereocenters. The lowest BCUT2D eigenvalue weighted by Gasteiger charge is -2.20. The topological polar surface area (TPSA) is 63.1 Å². The molecule has 2 heterocycles. The number of fused-ring (bicyclic) bond motifs is 1. The quantitative estimate of drug-likeness (QED) is 0.572. The van der Waals surface area contributed by atoms with Crippen molar-refractivity contribution < 1.29 is 22.4 Å². The lowest BCUT2D eigenvalue weighted by atomic mass is 10.1. The number of carbonyl (C=O) groups is 1. The van der Waals surface area contributed by atoms with Gasteiger partial charge < -0.3 is 9.88 Å². The second-order valence-corrected chi connectivity index (χ2v) is 7.99. The van der Waals surface area contributed by atoms with Crippen LogP contribution in [0.5, 0.6) is 0 Å². The predicted octanol–water partition coefficient (Wildman–Crippen LogP) is 3.35. The Bertz CT molecular complexity index is 1130. The van der Waals surface area contributed by atoms with Crippen LogP contribution in [0.25, 0.3) is 0 Å². The molecule has 33 heavy (non-hydrogen) atoms. The van der Waals surface area contributed by atoms with E-state index < -0.39 is 17.6 Å². The van der Waals surface area contributed by atoms with Gasteiger partial charge in [0.05, 0.1) is 18.5 Å². The van der Waals surface area contributed by atoms with Gasteiger partial charge in [-0.1, -0.05) is 30.3 Å². The zero-order chi connectivity index (χ0) is 23.4. The fourth-order valence-corrected chi connectivity index (χ4v) is 3.89. The van der Waals surface area contributed by atoms with Crippen molar-refractivity contribution in [1.82, 2.24) is 25.0 Å². The molecule has 0 bridgehead atoms. The van der Waals surface area contributed by atoms with Gasteiger partial charge >= 0.3 is 6.18 Å². The summed E-state index contributed by atoms with van der Waals surface area (Å²) in [6.45, 7) is 2.42. The van der Waals surface area contributed by atoms with Crippen LogP contribution in [0.4, 0.5) is 17.6 Å². The summed E-state index contributed by atoms with van der Waals surface area (Å²) in [7, 11) is 0. The van der Waals surface area contributed by atoms with Crippen molar-refractivity contribution in [2.45, 2.75) is 38.7 Å². The number of halogens is 4. The smallest absolute Gasteiger partial charge is 0.349 e. The van der Waals surface area contributed by atoms with Gasteiger partial charge in [0, 0.05) is 32.6 Å². The first-order valence-corrected chi connectivity index (χ1v) is 10.6. The largest absolute Gasteiger partial charge is 0.416 e. The van der Waals surface area contributed by atoms with E-state index in [1.165, 1.54) is 24.3 Å². The lowest BCUT2D eigenvalue weighted by Crippen LogP contribution is -2.28. The van der Waals surface area contributed by atoms with Gasteiger partial charge in [-0.05, 0) is 29.3 Å². The lowest BCUT2D eigenvalue weighted by molar-refractivity contribution is -0.137. The highest BCUT2D eigenvalue weighted by Crippen LogP contribution is 2.29. The Morgan fingerprint density at radius 3 is 2.58 bits per heavy atom. The second-order valence-electron chi connectivity index (χ2n) is 7.99. The van der Waals surface area contributed by atoms with Gasteiger partial charge in [0.25, 0.3) is 0 Å². The van der Waals surface area contributed by atoms with E-state index in [4.69, 9.17) is 0 Å². The number of aromatic nitrogens is 3. The van der Waals surface area contributed by atoms with E-state index in [1.807, 2.05) is 4.57 Å². The van der Waals surface area contributed by atoms with E-state index in [0.29, 0.717) is 49.6 Å². The third-order valence-corrected chi connectivity index (χ3v) is 5.55. The molecule has 4 rings (SSSR count). The first-order chi connectivity index (χ1) is 15.8. The summed E-state index contributed by atoms with van der Waals surface area (Å²) in [5.41, 5.74) is 0.536. The summed E-state index contributed by atoms with van der Waals surface area (Å²) in [5, 5.41) is 11.2. The molecule has 0 saturated carbocycles. The summed E-state index contributed by atoms with van der Waals surface area (Å²) in [6.07, 6.45) is -3.70. The molecular weight excluding hydrogens is 438 g/mol. The van der Waals surface area contributed by atoms with Crippen LogP contribution in [0, 0.1) is 5.82 Å². The summed E-state index contributed by atoms with van der Waals surface area (Å²) in [4.78, 5) is 14.3. The maximum absolute atomic E-state index is 13.3. The SMILES string of the molecule is O=C(Cc1cccc(F)c1)NCc1nnc2n1CCN(Cc1cccc(C(F)(F)F)c1)CC2. The molecule has 0 saturated heterocycles. The van der Waals surface area contributed by atoms with E-state index in [2.05, 4.69) is 20.4 Å². The van der Waals surface area contributed by atoms with Gasteiger partial charge in [0.15, 0.2) is 5.82 Å². The monoisotopic (exact) mass is 461 g/mol. The van der Waals surface area contributed by atoms with Crippen LogP contribution >= 0.6 is 0 Å². The van der Waals surface area contributed by atoms with Crippen LogP contribution in [0.3, 0.4) is 0 Å². The summed E-state index contributed by atoms with van der Waals surface area (Å²) in [5.74, 6) is 0.741. The number of carbonyl (C=O) groups excluding carboxylic acids is 1. The number of benzene rings is 2. The molecular formula is C23H23F4N5O. The van der Waals surface area contributed by atoms with Crippen molar-refractivity contribution in [3.05, 3.63) is 82.7 Å². The summed E-state index contributed by atoms with van der Waals surface area (Å²) in [6, 6.07) is 11.3. The number of rotatable bonds is 6. The van der Waals surface area contributed by atoms with Crippen molar-refractivity contribution in [2.75, 3.05) is 13.1 Å². The number of alkyl halides is 3. The van der Waals surface area contributed by atoms with Gasteiger partial charge in [-0.3, -0.25) is 9.69 Å². The predicted molar refractivity (Wildman–Crippen MR) is 112 cm³/mol. The second kappa shape index (κ2) is 9.70. The third kappa shape index (κ3) is 5.95. The van der Waals surface area contributed by atoms with Crippen LogP contribution < -0.4 is 5.32 Å². The maximum atomic E-state index is 13.3. The molecule has 1 aromatic heterocycles. The van der Waals surface area contributed by atoms with Gasteiger partial charge in [0.1, 0.15) is 11.6 Å². The van der Waals surface area contributed by atoms with Crippen LogP contribution in [-0.2, 0) is 43.4 Å². The standard InChI is InChI=1S/C23H23F4N5O/c24-19-6-2-3-16(12-19)13-22(33)28-14-21-30-29-20-7-8-31(9-10-32(20)21)15-17-4-1-5-18(11-17)23(25,26)27/h1-6,11-12H,7-10,13-15H2,(H,28,33). The molecule has 1 aliphatic heterocycles. The zero-order valence-electron chi connectivity index (χ0n) is 17.8. The van der Waals surface area contributed by atoms with Crippen LogP contribution in [-0.4, -0.2) is 38.7 Å². The Hall–Kier alpha value is -3.27. The van der Waals surface area contributed by atoms with E-state index >= 15 is 0 Å². The van der Waals surface area contributed by atoms with E-state index in [0.717, 1.165) is 11.9 Å². The van der Waals surface area contributed by atoms with Gasteiger partial charge in [-0.15, -0.1) is 10.2 Å². The van der Waals surface area contributed by atoms with Crippen molar-refractivity contribution in [3.63, 3.8) is 0 Å². The average molecular weight is 461 g/mol. The zero-order valence-corrected chi connectivity index (χ0v) is 17.8. The van der Waals surface area contributed by atoms with E-state index in [-0.39, 0.29) is 18.9 Å². The molecule has 0 spiro atoms. The highest BCUT2D eigenvalue weighted by atomic mass is 19.4. The van der Waals surface area contributed by atoms with Crippen molar-refractivity contribution >= 4 is 5.91 Å². The summed E-state index contributed by atoms with van der Waals surface area (Å²) < 4.78 is 54.2. The minimum absolute atomic E-state index is 0.0590. The Morgan fingerprint density at radius 1 is 1.00 bits per heavy atom. The molecule has 1 N–H and O–H groups in total. The molecule has 0 fully saturated rings. The van der Waals surface area contributed by atoms with E-state index in [1.54, 1.807) is 18.2 Å². The molecule has 1 amide bonds. The number of hydrogen-bond donors (Lipinski definition) is 1. The molecule has 6 nitrogen and oxygen atoms in total. The fourth-order valence-electron chi connectivity index (χ4n) is 3.89. The fraction of sp³-hybridized carbons (Fsp3) is 0.348. The Morgan fingerprint density at radius 2 is 1.79 bits per heavy atom. The Kier molecular flexibility index (Phi) is 6.73. The van der Waals surface area contributed by atoms with Gasteiger partial charge in [0.2, 0.25) is 5.91 Å². The highest BCUT2D eigenvalue weighted by molar-refractivity contribution is 5.78. The van der Waals surface area contributed by atoms with Crippen molar-refractivity contribution in [1.29, 1.82) is 0 Å². The first kappa shape index (κ1) is 22.9. The van der Waals surface area contributed by atoms with Gasteiger partial charge in [-0.2, -0.15) is 13.2 Å².